The van der Waals surface area contributed by atoms with E-state index < -0.39 is 33.2 Å². The zero-order chi connectivity index (χ0) is 18.6. The maximum atomic E-state index is 11.4. The number of carbonyl (C=O) groups is 1. The largest absolute Gasteiger partial charge is 0.508 e. The van der Waals surface area contributed by atoms with Gasteiger partial charge in [0, 0.05) is 12.5 Å². The number of nitro benzene ring substituents is 2. The highest BCUT2D eigenvalue weighted by Gasteiger charge is 2.24. The van der Waals surface area contributed by atoms with Gasteiger partial charge in [0.05, 0.1) is 15.9 Å². The molecule has 2 aromatic rings. The Labute approximate surface area is 140 Å². The fraction of sp³-hybridized carbons (Fsp3) is 0.133. The summed E-state index contributed by atoms with van der Waals surface area (Å²) in [6.45, 7) is 0. The molecule has 25 heavy (non-hydrogen) atoms. The van der Waals surface area contributed by atoms with Gasteiger partial charge < -0.3 is 15.5 Å². The van der Waals surface area contributed by atoms with Crippen molar-refractivity contribution in [3.8, 4) is 5.75 Å². The summed E-state index contributed by atoms with van der Waals surface area (Å²) in [4.78, 5) is 31.7. The number of non-ortho nitro benzene ring substituents is 1. The molecule has 0 heterocycles. The van der Waals surface area contributed by atoms with Crippen molar-refractivity contribution in [1.29, 1.82) is 0 Å². The second-order valence-corrected chi connectivity index (χ2v) is 5.12. The number of carboxylic acid groups (broad SMARTS) is 1. The molecule has 0 amide bonds. The molecule has 3 N–H and O–H groups in total. The first-order valence-electron chi connectivity index (χ1n) is 6.98. The van der Waals surface area contributed by atoms with Crippen molar-refractivity contribution in [2.75, 3.05) is 5.32 Å². The molecular formula is C15H13N3O7. The summed E-state index contributed by atoms with van der Waals surface area (Å²) < 4.78 is 0. The fourth-order valence-electron chi connectivity index (χ4n) is 2.16. The molecule has 0 aliphatic rings. The number of nitrogens with one attached hydrogen (secondary N) is 1. The molecule has 0 bridgehead atoms. The van der Waals surface area contributed by atoms with E-state index in [1.54, 1.807) is 0 Å². The highest BCUT2D eigenvalue weighted by Crippen LogP contribution is 2.29. The Hall–Kier alpha value is -3.69. The maximum absolute atomic E-state index is 11.4. The highest BCUT2D eigenvalue weighted by atomic mass is 16.6. The van der Waals surface area contributed by atoms with Gasteiger partial charge >= 0.3 is 5.97 Å². The van der Waals surface area contributed by atoms with Crippen LogP contribution in [-0.4, -0.2) is 32.1 Å². The Morgan fingerprint density at radius 1 is 1.08 bits per heavy atom. The van der Waals surface area contributed by atoms with E-state index in [2.05, 4.69) is 5.32 Å². The SMILES string of the molecule is O=C(O)[C@H](Cc1ccc(O)cc1)Nc1ccc([N+](=O)[O-])cc1[N+](=O)[O-]. The van der Waals surface area contributed by atoms with Crippen LogP contribution in [0.2, 0.25) is 0 Å². The molecule has 2 rings (SSSR count). The molecule has 0 spiro atoms. The van der Waals surface area contributed by atoms with E-state index in [1.807, 2.05) is 0 Å². The van der Waals surface area contributed by atoms with Crippen LogP contribution in [0.1, 0.15) is 5.56 Å². The normalized spacial score (nSPS) is 11.5. The van der Waals surface area contributed by atoms with Gasteiger partial charge in [-0.1, -0.05) is 12.1 Å². The van der Waals surface area contributed by atoms with E-state index in [4.69, 9.17) is 0 Å². The lowest BCUT2D eigenvalue weighted by Gasteiger charge is -2.16. The van der Waals surface area contributed by atoms with Crippen LogP contribution < -0.4 is 5.32 Å². The molecule has 0 saturated carbocycles. The lowest BCUT2D eigenvalue weighted by atomic mass is 10.1. The zero-order valence-electron chi connectivity index (χ0n) is 12.7. The van der Waals surface area contributed by atoms with Gasteiger partial charge in [0.2, 0.25) is 0 Å². The van der Waals surface area contributed by atoms with Crippen LogP contribution in [-0.2, 0) is 11.2 Å². The van der Waals surface area contributed by atoms with E-state index in [0.717, 1.165) is 18.2 Å². The second-order valence-electron chi connectivity index (χ2n) is 5.12. The monoisotopic (exact) mass is 347 g/mol. The van der Waals surface area contributed by atoms with Crippen LogP contribution >= 0.6 is 0 Å². The van der Waals surface area contributed by atoms with Crippen molar-refractivity contribution in [3.63, 3.8) is 0 Å². The molecule has 10 nitrogen and oxygen atoms in total. The second kappa shape index (κ2) is 7.25. The molecule has 0 fully saturated rings. The van der Waals surface area contributed by atoms with Gasteiger partial charge in [-0.2, -0.15) is 0 Å². The minimum absolute atomic E-state index is 0.0102. The van der Waals surface area contributed by atoms with Crippen LogP contribution in [0.5, 0.6) is 5.75 Å². The number of phenols is 1. The number of benzene rings is 2. The van der Waals surface area contributed by atoms with Crippen LogP contribution in [0, 0.1) is 20.2 Å². The van der Waals surface area contributed by atoms with Crippen molar-refractivity contribution < 1.29 is 24.9 Å². The van der Waals surface area contributed by atoms with Crippen LogP contribution in [0.3, 0.4) is 0 Å². The number of phenolic OH excluding ortho intramolecular Hbond substituents is 1. The molecule has 0 aromatic heterocycles. The minimum Gasteiger partial charge on any atom is -0.508 e. The Bertz CT molecular complexity index is 820. The number of carboxylic acids is 1. The number of rotatable bonds is 7. The summed E-state index contributed by atoms with van der Waals surface area (Å²) in [5.41, 5.74) is -0.613. The summed E-state index contributed by atoms with van der Waals surface area (Å²) in [7, 11) is 0. The summed E-state index contributed by atoms with van der Waals surface area (Å²) in [5.74, 6) is -1.23. The molecule has 0 radical (unpaired) electrons. The van der Waals surface area contributed by atoms with Gasteiger partial charge in [0.25, 0.3) is 11.4 Å². The lowest BCUT2D eigenvalue weighted by Crippen LogP contribution is -2.31. The molecule has 0 unspecified atom stereocenters. The number of hydrogen-bond donors (Lipinski definition) is 3. The van der Waals surface area contributed by atoms with Gasteiger partial charge in [-0.15, -0.1) is 0 Å². The first kappa shape index (κ1) is 17.7. The van der Waals surface area contributed by atoms with Crippen molar-refractivity contribution in [2.45, 2.75) is 12.5 Å². The van der Waals surface area contributed by atoms with Crippen LogP contribution in [0.25, 0.3) is 0 Å². The summed E-state index contributed by atoms with van der Waals surface area (Å²) >= 11 is 0. The van der Waals surface area contributed by atoms with E-state index in [1.165, 1.54) is 24.3 Å². The quantitative estimate of drug-likeness (QED) is 0.509. The molecule has 130 valence electrons. The number of aliphatic carboxylic acids is 1. The van der Waals surface area contributed by atoms with Crippen molar-refractivity contribution in [1.82, 2.24) is 0 Å². The van der Waals surface area contributed by atoms with Gasteiger partial charge in [-0.25, -0.2) is 4.79 Å². The maximum Gasteiger partial charge on any atom is 0.326 e. The highest BCUT2D eigenvalue weighted by molar-refractivity contribution is 5.79. The van der Waals surface area contributed by atoms with Gasteiger partial charge in [-0.05, 0) is 23.8 Å². The molecule has 0 aliphatic heterocycles. The van der Waals surface area contributed by atoms with Crippen molar-refractivity contribution in [3.05, 3.63) is 68.3 Å². The number of hydrogen-bond acceptors (Lipinski definition) is 7. The Kier molecular flexibility index (Phi) is 5.12. The molecule has 0 saturated heterocycles. The average Bonchev–Trinajstić information content (AvgIpc) is 2.55. The summed E-state index contributed by atoms with van der Waals surface area (Å²) in [6, 6.07) is 7.55. The van der Waals surface area contributed by atoms with E-state index in [-0.39, 0.29) is 17.9 Å². The number of aromatic hydroxyl groups is 1. The van der Waals surface area contributed by atoms with Crippen molar-refractivity contribution in [2.24, 2.45) is 0 Å². The third kappa shape index (κ3) is 4.41. The molecule has 10 heteroatoms. The lowest BCUT2D eigenvalue weighted by molar-refractivity contribution is -0.393. The van der Waals surface area contributed by atoms with Gasteiger partial charge in [0.15, 0.2) is 0 Å². The number of anilines is 1. The molecule has 1 atom stereocenters. The van der Waals surface area contributed by atoms with Crippen molar-refractivity contribution >= 4 is 23.0 Å². The summed E-state index contributed by atoms with van der Waals surface area (Å²) in [5, 5.41) is 43.0. The zero-order valence-corrected chi connectivity index (χ0v) is 12.7. The topological polar surface area (TPSA) is 156 Å². The molecule has 0 aliphatic carbocycles. The number of nitrogens with zero attached hydrogens (tertiary/aromatic N) is 2. The van der Waals surface area contributed by atoms with Crippen LogP contribution in [0.4, 0.5) is 17.1 Å². The van der Waals surface area contributed by atoms with E-state index in [9.17, 15) is 35.2 Å². The predicted molar refractivity (Wildman–Crippen MR) is 86.6 cm³/mol. The Balaban J connectivity index is 2.29. The fourth-order valence-corrected chi connectivity index (χ4v) is 2.16. The first-order valence-corrected chi connectivity index (χ1v) is 6.98. The Morgan fingerprint density at radius 2 is 1.72 bits per heavy atom. The van der Waals surface area contributed by atoms with Gasteiger partial charge in [-0.3, -0.25) is 20.2 Å². The molecular weight excluding hydrogens is 334 g/mol. The standard InChI is InChI=1S/C15H13N3O7/c19-11-4-1-9(2-5-11)7-13(15(20)21)16-12-6-3-10(17(22)23)8-14(12)18(24)25/h1-6,8,13,16,19H,7H2,(H,20,21)/t13-/m0/s1. The third-order valence-electron chi connectivity index (χ3n) is 3.39. The summed E-state index contributed by atoms with van der Waals surface area (Å²) in [6.07, 6.45) is -0.0102. The predicted octanol–water partition coefficient (Wildman–Crippen LogP) is 2.32. The van der Waals surface area contributed by atoms with E-state index >= 15 is 0 Å². The third-order valence-corrected chi connectivity index (χ3v) is 3.39. The number of nitro groups is 2. The van der Waals surface area contributed by atoms with E-state index in [0.29, 0.717) is 5.56 Å². The first-order chi connectivity index (χ1) is 11.8. The molecule has 2 aromatic carbocycles. The average molecular weight is 347 g/mol. The smallest absolute Gasteiger partial charge is 0.326 e. The van der Waals surface area contributed by atoms with Gasteiger partial charge in [0.1, 0.15) is 17.5 Å². The Morgan fingerprint density at radius 3 is 2.24 bits per heavy atom. The minimum atomic E-state index is -1.25. The van der Waals surface area contributed by atoms with Crippen LogP contribution in [0.15, 0.2) is 42.5 Å².